The highest BCUT2D eigenvalue weighted by Gasteiger charge is 2.34. The molecule has 0 aliphatic carbocycles. The van der Waals surface area contributed by atoms with Crippen molar-refractivity contribution in [2.75, 3.05) is 72.0 Å². The maximum atomic E-state index is 13.7. The summed E-state index contributed by atoms with van der Waals surface area (Å²) in [4.78, 5) is 70.4. The number of carbonyl (C=O) groups is 4. The molecule has 1 atom stereocenters. The van der Waals surface area contributed by atoms with Gasteiger partial charge in [0.2, 0.25) is 17.7 Å². The molecule has 63 heavy (non-hydrogen) atoms. The van der Waals surface area contributed by atoms with Crippen LogP contribution in [0.25, 0.3) is 33.2 Å². The van der Waals surface area contributed by atoms with Gasteiger partial charge in [-0.05, 0) is 102 Å². The number of urea groups is 1. The van der Waals surface area contributed by atoms with Gasteiger partial charge in [-0.2, -0.15) is 5.10 Å². The van der Waals surface area contributed by atoms with E-state index in [2.05, 4.69) is 62.6 Å². The standard InChI is InChI=1S/C49H50N10O4/c1-32-38(18-21-51-47(32)59-29-28-58(49(59)63)37-7-4-20-50-31-37)39-15-14-36(57-22-5-9-44(57)61)30-42(39)33-10-12-35(13-11-33)56-26-24-55(25-27-56)23-19-34-6-3-8-40-45(53-54(2)46(34)40)41-16-17-43(60)52-48(41)62/h3-4,6-8,10-15,18,20-21,30-31,41H,5,9,16-17,19,22-29H2,1-2H3,(H,52,60,62). The van der Waals surface area contributed by atoms with Gasteiger partial charge >= 0.3 is 6.03 Å². The zero-order chi connectivity index (χ0) is 43.2. The number of piperidine rings is 1. The molecule has 3 aromatic carbocycles. The lowest BCUT2D eigenvalue weighted by Crippen LogP contribution is -2.47. The Bertz CT molecular complexity index is 2740. The molecule has 3 aromatic heterocycles. The highest BCUT2D eigenvalue weighted by molar-refractivity contribution is 6.07. The number of fused-ring (bicyclic) bond motifs is 1. The fourth-order valence-corrected chi connectivity index (χ4v) is 9.89. The van der Waals surface area contributed by atoms with Crippen LogP contribution in [0.5, 0.6) is 0 Å². The van der Waals surface area contributed by atoms with Crippen LogP contribution < -0.4 is 24.9 Å². The third kappa shape index (κ3) is 7.58. The number of aryl methyl sites for hydroxylation is 1. The minimum Gasteiger partial charge on any atom is -0.369 e. The van der Waals surface area contributed by atoms with Crippen molar-refractivity contribution in [2.24, 2.45) is 7.05 Å². The van der Waals surface area contributed by atoms with E-state index >= 15 is 0 Å². The Morgan fingerprint density at radius 1 is 0.730 bits per heavy atom. The van der Waals surface area contributed by atoms with Crippen molar-refractivity contribution in [2.45, 2.75) is 44.9 Å². The maximum absolute atomic E-state index is 13.7. The van der Waals surface area contributed by atoms with Crippen molar-refractivity contribution >= 4 is 57.5 Å². The number of carbonyl (C=O) groups excluding carboxylic acids is 4. The summed E-state index contributed by atoms with van der Waals surface area (Å²) in [7, 11) is 1.93. The number of rotatable bonds is 10. The van der Waals surface area contributed by atoms with Gasteiger partial charge in [0.1, 0.15) is 5.82 Å². The number of imide groups is 1. The second-order valence-corrected chi connectivity index (χ2v) is 16.9. The van der Waals surface area contributed by atoms with Gasteiger partial charge in [0.25, 0.3) is 0 Å². The van der Waals surface area contributed by atoms with Gasteiger partial charge in [0.05, 0.1) is 29.0 Å². The lowest BCUT2D eigenvalue weighted by atomic mass is 9.91. The zero-order valence-corrected chi connectivity index (χ0v) is 35.7. The van der Waals surface area contributed by atoms with E-state index in [4.69, 9.17) is 10.1 Å². The van der Waals surface area contributed by atoms with E-state index in [0.29, 0.717) is 44.7 Å². The van der Waals surface area contributed by atoms with Crippen molar-refractivity contribution in [1.29, 1.82) is 0 Å². The number of aromatic nitrogens is 4. The lowest BCUT2D eigenvalue weighted by Gasteiger charge is -2.36. The molecule has 0 saturated carbocycles. The van der Waals surface area contributed by atoms with Crippen LogP contribution in [-0.2, 0) is 27.9 Å². The molecule has 10 rings (SSSR count). The normalized spacial score (nSPS) is 18.6. The maximum Gasteiger partial charge on any atom is 0.330 e. The second kappa shape index (κ2) is 16.7. The van der Waals surface area contributed by atoms with Crippen molar-refractivity contribution in [3.8, 4) is 22.3 Å². The molecule has 0 bridgehead atoms. The topological polar surface area (TPSA) is 140 Å². The number of anilines is 4. The summed E-state index contributed by atoms with van der Waals surface area (Å²) in [5.41, 5.74) is 10.8. The van der Waals surface area contributed by atoms with Gasteiger partial charge in [0, 0.05) is 101 Å². The van der Waals surface area contributed by atoms with Crippen molar-refractivity contribution in [3.63, 3.8) is 0 Å². The van der Waals surface area contributed by atoms with Crippen molar-refractivity contribution in [1.82, 2.24) is 30.0 Å². The third-order valence-electron chi connectivity index (χ3n) is 13.2. The largest absolute Gasteiger partial charge is 0.369 e. The van der Waals surface area contributed by atoms with Gasteiger partial charge < -0.3 is 9.80 Å². The van der Waals surface area contributed by atoms with E-state index in [1.807, 2.05) is 60.0 Å². The average molecular weight is 843 g/mol. The minimum absolute atomic E-state index is 0.125. The highest BCUT2D eigenvalue weighted by atomic mass is 16.2. The molecular weight excluding hydrogens is 793 g/mol. The third-order valence-corrected chi connectivity index (χ3v) is 13.2. The molecule has 1 unspecified atom stereocenters. The molecule has 6 aromatic rings. The Labute approximate surface area is 366 Å². The Balaban J connectivity index is 0.852. The number of pyridine rings is 2. The number of piperazine rings is 1. The molecule has 4 aliphatic heterocycles. The molecule has 320 valence electrons. The average Bonchev–Trinajstić information content (AvgIpc) is 4.02. The van der Waals surface area contributed by atoms with Gasteiger partial charge in [-0.15, -0.1) is 0 Å². The molecule has 14 heteroatoms. The summed E-state index contributed by atoms with van der Waals surface area (Å²) in [6, 6.07) is 26.9. The fraction of sp³-hybridized carbons (Fsp3) is 0.327. The number of nitrogens with zero attached hydrogens (tertiary/aromatic N) is 9. The van der Waals surface area contributed by atoms with Crippen LogP contribution in [0.15, 0.2) is 97.5 Å². The van der Waals surface area contributed by atoms with Crippen LogP contribution in [-0.4, -0.2) is 101 Å². The number of benzene rings is 3. The molecule has 4 saturated heterocycles. The van der Waals surface area contributed by atoms with Crippen LogP contribution in [0.3, 0.4) is 0 Å². The van der Waals surface area contributed by atoms with E-state index < -0.39 is 5.92 Å². The Hall–Kier alpha value is -6.93. The lowest BCUT2D eigenvalue weighted by molar-refractivity contribution is -0.134. The predicted octanol–water partition coefficient (Wildman–Crippen LogP) is 6.46. The van der Waals surface area contributed by atoms with E-state index in [0.717, 1.165) is 101 Å². The highest BCUT2D eigenvalue weighted by Crippen LogP contribution is 2.41. The summed E-state index contributed by atoms with van der Waals surface area (Å²) in [5, 5.41) is 8.25. The number of hydrogen-bond donors (Lipinski definition) is 1. The van der Waals surface area contributed by atoms with Crippen molar-refractivity contribution < 1.29 is 19.2 Å². The molecule has 7 heterocycles. The first-order valence-electron chi connectivity index (χ1n) is 22.0. The summed E-state index contributed by atoms with van der Waals surface area (Å²) < 4.78 is 1.89. The van der Waals surface area contributed by atoms with Gasteiger partial charge in [-0.25, -0.2) is 9.78 Å². The first-order chi connectivity index (χ1) is 30.7. The van der Waals surface area contributed by atoms with Crippen LogP contribution in [0.4, 0.5) is 27.7 Å². The number of amides is 5. The molecular formula is C49H50N10O4. The van der Waals surface area contributed by atoms with Gasteiger partial charge in [0.15, 0.2) is 0 Å². The van der Waals surface area contributed by atoms with E-state index in [-0.39, 0.29) is 23.8 Å². The molecule has 14 nitrogen and oxygen atoms in total. The van der Waals surface area contributed by atoms with Crippen LogP contribution >= 0.6 is 0 Å². The molecule has 0 spiro atoms. The summed E-state index contributed by atoms with van der Waals surface area (Å²) >= 11 is 0. The molecule has 4 aliphatic rings. The van der Waals surface area contributed by atoms with Crippen LogP contribution in [0.2, 0.25) is 0 Å². The van der Waals surface area contributed by atoms with E-state index in [9.17, 15) is 19.2 Å². The quantitative estimate of drug-likeness (QED) is 0.154. The smallest absolute Gasteiger partial charge is 0.330 e. The molecule has 1 N–H and O–H groups in total. The first kappa shape index (κ1) is 40.2. The summed E-state index contributed by atoms with van der Waals surface area (Å²) in [6.07, 6.45) is 8.26. The summed E-state index contributed by atoms with van der Waals surface area (Å²) in [6.45, 7) is 8.37. The predicted molar refractivity (Wildman–Crippen MR) is 244 cm³/mol. The van der Waals surface area contributed by atoms with Crippen LogP contribution in [0.1, 0.15) is 48.4 Å². The van der Waals surface area contributed by atoms with E-state index in [1.54, 1.807) is 28.4 Å². The fourth-order valence-electron chi connectivity index (χ4n) is 9.89. The zero-order valence-electron chi connectivity index (χ0n) is 35.7. The Morgan fingerprint density at radius 2 is 1.54 bits per heavy atom. The summed E-state index contributed by atoms with van der Waals surface area (Å²) in [5.74, 6) is -0.129. The number of nitrogens with one attached hydrogen (secondary N) is 1. The first-order valence-corrected chi connectivity index (χ1v) is 22.0. The van der Waals surface area contributed by atoms with Crippen molar-refractivity contribution in [3.05, 3.63) is 114 Å². The SMILES string of the molecule is Cc1c(-c2ccc(N3CCCC3=O)cc2-c2ccc(N3CCN(CCc4cccc5c(C6CCC(=O)NC6=O)nn(C)c45)CC3)cc2)ccnc1N1CCN(c2cccnc2)C1=O. The number of hydrogen-bond acceptors (Lipinski definition) is 9. The molecule has 4 fully saturated rings. The second-order valence-electron chi connectivity index (χ2n) is 16.9. The Kier molecular flexibility index (Phi) is 10.7. The Morgan fingerprint density at radius 3 is 2.30 bits per heavy atom. The number of para-hydroxylation sites is 1. The van der Waals surface area contributed by atoms with Gasteiger partial charge in [-0.3, -0.25) is 44.1 Å². The van der Waals surface area contributed by atoms with E-state index in [1.165, 1.54) is 11.3 Å². The minimum atomic E-state index is -0.422. The molecule has 5 amide bonds. The molecule has 0 radical (unpaired) electrons. The monoisotopic (exact) mass is 842 g/mol. The van der Waals surface area contributed by atoms with Gasteiger partial charge in [-0.1, -0.05) is 36.4 Å². The van der Waals surface area contributed by atoms with Crippen LogP contribution in [0, 0.1) is 6.92 Å².